The lowest BCUT2D eigenvalue weighted by atomic mass is 10.1. The van der Waals surface area contributed by atoms with Gasteiger partial charge in [0.1, 0.15) is 18.4 Å². The predicted octanol–water partition coefficient (Wildman–Crippen LogP) is 3.99. The van der Waals surface area contributed by atoms with Crippen LogP contribution in [0.3, 0.4) is 0 Å². The average molecular weight is 556 g/mol. The third kappa shape index (κ3) is 7.53. The molecular weight excluding hydrogens is 525 g/mol. The zero-order valence-electron chi connectivity index (χ0n) is 20.0. The highest BCUT2D eigenvalue weighted by Gasteiger charge is 2.32. The molecule has 0 saturated carbocycles. The van der Waals surface area contributed by atoms with Crippen molar-refractivity contribution < 1.29 is 22.4 Å². The SMILES string of the molecule is CC[C@@H](C(=O)NC(C)C)N(Cc1ccc(F)cc1)C(=O)CN(c1ccc(Br)c(C)c1)S(C)(=O)=O. The standard InChI is InChI=1S/C24H31BrFN3O4S/c1-6-22(24(31)27-16(2)3)28(14-18-7-9-19(26)10-8-18)23(30)15-29(34(5,32)33)20-11-12-21(25)17(4)13-20/h7-13,16,22H,6,14-15H2,1-5H3,(H,27,31)/t22-/m0/s1. The highest BCUT2D eigenvalue weighted by Crippen LogP contribution is 2.25. The fraction of sp³-hybridized carbons (Fsp3) is 0.417. The molecule has 0 fully saturated rings. The molecule has 2 aromatic rings. The van der Waals surface area contributed by atoms with E-state index in [1.54, 1.807) is 25.1 Å². The predicted molar refractivity (Wildman–Crippen MR) is 135 cm³/mol. The lowest BCUT2D eigenvalue weighted by Crippen LogP contribution is -2.53. The summed E-state index contributed by atoms with van der Waals surface area (Å²) in [5.41, 5.74) is 1.78. The molecule has 1 N–H and O–H groups in total. The fourth-order valence-corrected chi connectivity index (χ4v) is 4.57. The first-order chi connectivity index (χ1) is 15.8. The molecule has 34 heavy (non-hydrogen) atoms. The van der Waals surface area contributed by atoms with Gasteiger partial charge in [-0.25, -0.2) is 12.8 Å². The smallest absolute Gasteiger partial charge is 0.244 e. The maximum absolute atomic E-state index is 13.5. The summed E-state index contributed by atoms with van der Waals surface area (Å²) in [6.07, 6.45) is 1.35. The van der Waals surface area contributed by atoms with Gasteiger partial charge < -0.3 is 10.2 Å². The van der Waals surface area contributed by atoms with Crippen LogP contribution in [-0.2, 0) is 26.2 Å². The van der Waals surface area contributed by atoms with Gasteiger partial charge in [0.2, 0.25) is 21.8 Å². The molecule has 2 amide bonds. The number of sulfonamides is 1. The van der Waals surface area contributed by atoms with Crippen molar-refractivity contribution in [3.05, 3.63) is 63.9 Å². The van der Waals surface area contributed by atoms with Crippen LogP contribution in [0, 0.1) is 12.7 Å². The van der Waals surface area contributed by atoms with Crippen molar-refractivity contribution >= 4 is 43.5 Å². The van der Waals surface area contributed by atoms with Gasteiger partial charge in [-0.15, -0.1) is 0 Å². The van der Waals surface area contributed by atoms with Crippen LogP contribution in [-0.4, -0.2) is 50.0 Å². The van der Waals surface area contributed by atoms with Crippen LogP contribution in [0.25, 0.3) is 0 Å². The van der Waals surface area contributed by atoms with Crippen molar-refractivity contribution in [2.75, 3.05) is 17.1 Å². The van der Waals surface area contributed by atoms with Crippen LogP contribution in [0.4, 0.5) is 10.1 Å². The summed E-state index contributed by atoms with van der Waals surface area (Å²) in [6, 6.07) is 9.67. The van der Waals surface area contributed by atoms with E-state index in [1.807, 2.05) is 20.8 Å². The van der Waals surface area contributed by atoms with Gasteiger partial charge in [-0.3, -0.25) is 13.9 Å². The average Bonchev–Trinajstić information content (AvgIpc) is 2.74. The molecule has 0 aromatic heterocycles. The summed E-state index contributed by atoms with van der Waals surface area (Å²) < 4.78 is 40.5. The van der Waals surface area contributed by atoms with Crippen molar-refractivity contribution in [3.63, 3.8) is 0 Å². The maximum Gasteiger partial charge on any atom is 0.244 e. The van der Waals surface area contributed by atoms with Crippen LogP contribution in [0.5, 0.6) is 0 Å². The highest BCUT2D eigenvalue weighted by atomic mass is 79.9. The first-order valence-electron chi connectivity index (χ1n) is 10.9. The Balaban J connectivity index is 2.45. The number of hydrogen-bond acceptors (Lipinski definition) is 4. The Morgan fingerprint density at radius 3 is 2.24 bits per heavy atom. The van der Waals surface area contributed by atoms with Gasteiger partial charge in [-0.2, -0.15) is 0 Å². The van der Waals surface area contributed by atoms with Crippen LogP contribution >= 0.6 is 15.9 Å². The molecule has 0 radical (unpaired) electrons. The zero-order valence-corrected chi connectivity index (χ0v) is 22.4. The van der Waals surface area contributed by atoms with Crippen LogP contribution in [0.2, 0.25) is 0 Å². The van der Waals surface area contributed by atoms with Crippen molar-refractivity contribution in [1.82, 2.24) is 10.2 Å². The number of benzene rings is 2. The van der Waals surface area contributed by atoms with Crippen molar-refractivity contribution in [3.8, 4) is 0 Å². The molecular formula is C24H31BrFN3O4S. The van der Waals surface area contributed by atoms with E-state index >= 15 is 0 Å². The van der Waals surface area contributed by atoms with E-state index in [9.17, 15) is 22.4 Å². The van der Waals surface area contributed by atoms with Gasteiger partial charge in [0.05, 0.1) is 11.9 Å². The third-order valence-corrected chi connectivity index (χ3v) is 7.22. The monoisotopic (exact) mass is 555 g/mol. The molecule has 0 aliphatic heterocycles. The second-order valence-electron chi connectivity index (χ2n) is 8.44. The Hall–Kier alpha value is -2.46. The van der Waals surface area contributed by atoms with Gasteiger partial charge in [0.15, 0.2) is 0 Å². The quantitative estimate of drug-likeness (QED) is 0.480. The number of carbonyl (C=O) groups excluding carboxylic acids is 2. The summed E-state index contributed by atoms with van der Waals surface area (Å²) in [4.78, 5) is 27.8. The number of aryl methyl sites for hydroxylation is 1. The van der Waals surface area contributed by atoms with Crippen molar-refractivity contribution in [1.29, 1.82) is 0 Å². The minimum atomic E-state index is -3.81. The lowest BCUT2D eigenvalue weighted by Gasteiger charge is -2.33. The van der Waals surface area contributed by atoms with Crippen LogP contribution in [0.15, 0.2) is 46.9 Å². The van der Waals surface area contributed by atoms with Gasteiger partial charge in [-0.1, -0.05) is 35.0 Å². The first kappa shape index (κ1) is 27.8. The Labute approximate surface area is 209 Å². The van der Waals surface area contributed by atoms with E-state index in [0.717, 1.165) is 20.6 Å². The topological polar surface area (TPSA) is 86.8 Å². The maximum atomic E-state index is 13.5. The fourth-order valence-electron chi connectivity index (χ4n) is 3.48. The van der Waals surface area contributed by atoms with Gasteiger partial charge >= 0.3 is 0 Å². The number of nitrogens with zero attached hydrogens (tertiary/aromatic N) is 2. The molecule has 2 aromatic carbocycles. The molecule has 7 nitrogen and oxygen atoms in total. The third-order valence-electron chi connectivity index (χ3n) is 5.19. The molecule has 2 rings (SSSR count). The van der Waals surface area contributed by atoms with E-state index < -0.39 is 34.3 Å². The van der Waals surface area contributed by atoms with E-state index in [4.69, 9.17) is 0 Å². The number of anilines is 1. The molecule has 0 heterocycles. The Morgan fingerprint density at radius 1 is 1.12 bits per heavy atom. The van der Waals surface area contributed by atoms with Crippen LogP contribution < -0.4 is 9.62 Å². The second-order valence-corrected chi connectivity index (χ2v) is 11.2. The van der Waals surface area contributed by atoms with Crippen molar-refractivity contribution in [2.24, 2.45) is 0 Å². The molecule has 10 heteroatoms. The molecule has 0 saturated heterocycles. The Kier molecular flexibility index (Phi) is 9.64. The van der Waals surface area contributed by atoms with E-state index in [2.05, 4.69) is 21.2 Å². The summed E-state index contributed by atoms with van der Waals surface area (Å²) >= 11 is 3.39. The molecule has 0 bridgehead atoms. The van der Waals surface area contributed by atoms with Crippen LogP contribution in [0.1, 0.15) is 38.3 Å². The molecule has 0 aliphatic rings. The summed E-state index contributed by atoms with van der Waals surface area (Å²) in [5, 5.41) is 2.82. The van der Waals surface area contributed by atoms with Gasteiger partial charge in [0, 0.05) is 17.1 Å². The summed E-state index contributed by atoms with van der Waals surface area (Å²) in [5.74, 6) is -1.29. The normalized spacial score (nSPS) is 12.4. The van der Waals surface area contributed by atoms with E-state index in [1.165, 1.54) is 29.2 Å². The number of halogens is 2. The van der Waals surface area contributed by atoms with E-state index in [-0.39, 0.29) is 18.5 Å². The molecule has 1 atom stereocenters. The Morgan fingerprint density at radius 2 is 1.74 bits per heavy atom. The summed E-state index contributed by atoms with van der Waals surface area (Å²) in [6.45, 7) is 6.78. The second kappa shape index (κ2) is 11.8. The Bertz CT molecular complexity index is 1120. The minimum Gasteiger partial charge on any atom is -0.352 e. The van der Waals surface area contributed by atoms with Gasteiger partial charge in [0.25, 0.3) is 0 Å². The molecule has 0 spiro atoms. The number of carbonyl (C=O) groups is 2. The highest BCUT2D eigenvalue weighted by molar-refractivity contribution is 9.10. The number of hydrogen-bond donors (Lipinski definition) is 1. The number of amides is 2. The summed E-state index contributed by atoms with van der Waals surface area (Å²) in [7, 11) is -3.81. The largest absolute Gasteiger partial charge is 0.352 e. The molecule has 0 unspecified atom stereocenters. The first-order valence-corrected chi connectivity index (χ1v) is 13.6. The molecule has 186 valence electrons. The minimum absolute atomic E-state index is 0.0279. The lowest BCUT2D eigenvalue weighted by molar-refractivity contribution is -0.140. The number of rotatable bonds is 10. The number of nitrogens with one attached hydrogen (secondary N) is 1. The van der Waals surface area contributed by atoms with E-state index in [0.29, 0.717) is 17.7 Å². The van der Waals surface area contributed by atoms with Gasteiger partial charge in [-0.05, 0) is 68.7 Å². The van der Waals surface area contributed by atoms with Crippen molar-refractivity contribution in [2.45, 2.75) is 52.7 Å². The zero-order chi connectivity index (χ0) is 25.6. The molecule has 0 aliphatic carbocycles.